The number of rotatable bonds is 0. The van der Waals surface area contributed by atoms with Crippen molar-refractivity contribution >= 4 is 0 Å². The molecule has 1 rings (SSSR count). The second-order valence-corrected chi connectivity index (χ2v) is 1.97. The monoisotopic (exact) mass is 169 g/mol. The van der Waals surface area contributed by atoms with Crippen LogP contribution >= 0.6 is 0 Å². The smallest absolute Gasteiger partial charge is 0.851 e. The van der Waals surface area contributed by atoms with E-state index >= 15 is 0 Å². The largest absolute Gasteiger partial charge is 1.00 e. The maximum atomic E-state index is 10.5. The van der Waals surface area contributed by atoms with E-state index in [2.05, 4.69) is 5.32 Å². The Bertz CT molecular complexity index is 55.6. The summed E-state index contributed by atoms with van der Waals surface area (Å²) in [6.07, 6.45) is 1.61. The summed E-state index contributed by atoms with van der Waals surface area (Å²) in [5, 5.41) is 13.5. The van der Waals surface area contributed by atoms with Crippen molar-refractivity contribution in [3.05, 3.63) is 0 Å². The van der Waals surface area contributed by atoms with E-state index in [0.717, 1.165) is 19.4 Å². The fourth-order valence-electron chi connectivity index (χ4n) is 0.820. The van der Waals surface area contributed by atoms with E-state index in [9.17, 15) is 5.11 Å². The van der Waals surface area contributed by atoms with Gasteiger partial charge in [0.2, 0.25) is 0 Å². The quantitative estimate of drug-likeness (QED) is 0.396. The molecule has 1 heterocycles. The van der Waals surface area contributed by atoms with Crippen LogP contribution in [0.5, 0.6) is 0 Å². The summed E-state index contributed by atoms with van der Waals surface area (Å²) in [5.74, 6) is 0. The molecule has 10 heavy (non-hydrogen) atoms. The van der Waals surface area contributed by atoms with Gasteiger partial charge in [-0.15, -0.1) is 6.10 Å². The van der Waals surface area contributed by atoms with E-state index in [1.54, 1.807) is 0 Å². The Kier molecular flexibility index (Phi) is 14.9. The van der Waals surface area contributed by atoms with Crippen LogP contribution in [0.4, 0.5) is 0 Å². The van der Waals surface area contributed by atoms with Crippen LogP contribution in [0.2, 0.25) is 0 Å². The summed E-state index contributed by atoms with van der Waals surface area (Å²) >= 11 is 0. The normalized spacial score (nSPS) is 23.7. The molecule has 0 saturated carbocycles. The van der Waals surface area contributed by atoms with Gasteiger partial charge < -0.3 is 10.4 Å². The predicted octanol–water partition coefficient (Wildman–Crippen LogP) is -2.87. The molecule has 1 fully saturated rings. The molecule has 0 radical (unpaired) electrons. The van der Waals surface area contributed by atoms with Crippen LogP contribution < -0.4 is 61.8 Å². The van der Waals surface area contributed by atoms with Gasteiger partial charge in [0.1, 0.15) is 0 Å². The van der Waals surface area contributed by atoms with E-state index in [1.165, 1.54) is 0 Å². The third-order valence-corrected chi connectivity index (χ3v) is 1.25. The van der Waals surface area contributed by atoms with Gasteiger partial charge >= 0.3 is 51.4 Å². The van der Waals surface area contributed by atoms with E-state index in [1.807, 2.05) is 13.8 Å². The number of nitrogens with one attached hydrogen (secondary N) is 1. The van der Waals surface area contributed by atoms with Gasteiger partial charge in [0.25, 0.3) is 0 Å². The van der Waals surface area contributed by atoms with Crippen LogP contribution in [-0.4, -0.2) is 19.2 Å². The standard InChI is InChI=1S/C5H10NO.C2H6.K/c7-5-2-1-3-6-4-5;1-2;/h5-6H,1-4H2;1-2H3;/q-1;;+1/t5-;;/m1../s1. The van der Waals surface area contributed by atoms with Crippen LogP contribution in [-0.2, 0) is 0 Å². The van der Waals surface area contributed by atoms with Crippen molar-refractivity contribution < 1.29 is 56.5 Å². The molecule has 0 aromatic heterocycles. The summed E-state index contributed by atoms with van der Waals surface area (Å²) in [6.45, 7) is 5.72. The Morgan fingerprint density at radius 3 is 2.20 bits per heavy atom. The van der Waals surface area contributed by atoms with Crippen molar-refractivity contribution in [1.82, 2.24) is 5.32 Å². The van der Waals surface area contributed by atoms with Crippen molar-refractivity contribution in [2.45, 2.75) is 32.8 Å². The minimum atomic E-state index is -0.325. The fraction of sp³-hybridized carbons (Fsp3) is 1.00. The number of hydrogen-bond acceptors (Lipinski definition) is 2. The Morgan fingerprint density at radius 1 is 1.40 bits per heavy atom. The fourth-order valence-corrected chi connectivity index (χ4v) is 0.820. The Hall–Kier alpha value is 1.56. The molecule has 1 saturated heterocycles. The molecular formula is C7H16KNO. The molecule has 1 N–H and O–H groups in total. The first-order valence-corrected chi connectivity index (χ1v) is 3.76. The van der Waals surface area contributed by atoms with Gasteiger partial charge in [-0.3, -0.25) is 0 Å². The zero-order valence-corrected chi connectivity index (χ0v) is 10.4. The molecule has 56 valence electrons. The van der Waals surface area contributed by atoms with Crippen LogP contribution in [0.15, 0.2) is 0 Å². The van der Waals surface area contributed by atoms with Crippen molar-refractivity contribution in [2.24, 2.45) is 0 Å². The maximum absolute atomic E-state index is 10.5. The molecule has 1 aliphatic heterocycles. The van der Waals surface area contributed by atoms with Gasteiger partial charge in [0, 0.05) is 0 Å². The van der Waals surface area contributed by atoms with E-state index < -0.39 is 0 Å². The molecule has 0 spiro atoms. The minimum absolute atomic E-state index is 0. The Morgan fingerprint density at radius 2 is 2.00 bits per heavy atom. The first kappa shape index (κ1) is 14.1. The molecule has 0 unspecified atom stereocenters. The van der Waals surface area contributed by atoms with Crippen molar-refractivity contribution in [2.75, 3.05) is 13.1 Å². The van der Waals surface area contributed by atoms with Gasteiger partial charge in [-0.05, 0) is 19.5 Å². The first-order chi connectivity index (χ1) is 4.39. The van der Waals surface area contributed by atoms with E-state index in [4.69, 9.17) is 0 Å². The second-order valence-electron chi connectivity index (χ2n) is 1.97. The maximum Gasteiger partial charge on any atom is 1.00 e. The third-order valence-electron chi connectivity index (χ3n) is 1.25. The molecule has 3 heteroatoms. The summed E-state index contributed by atoms with van der Waals surface area (Å²) in [7, 11) is 0. The topological polar surface area (TPSA) is 35.1 Å². The summed E-state index contributed by atoms with van der Waals surface area (Å²) < 4.78 is 0. The number of hydrogen-bond donors (Lipinski definition) is 1. The van der Waals surface area contributed by atoms with Gasteiger partial charge in [-0.25, -0.2) is 0 Å². The predicted molar refractivity (Wildman–Crippen MR) is 37.2 cm³/mol. The molecule has 1 atom stereocenters. The van der Waals surface area contributed by atoms with Crippen molar-refractivity contribution in [3.8, 4) is 0 Å². The molecule has 0 aromatic rings. The van der Waals surface area contributed by atoms with Crippen molar-refractivity contribution in [1.29, 1.82) is 0 Å². The van der Waals surface area contributed by atoms with Crippen LogP contribution in [0.25, 0.3) is 0 Å². The first-order valence-electron chi connectivity index (χ1n) is 3.76. The van der Waals surface area contributed by atoms with Crippen LogP contribution in [0, 0.1) is 0 Å². The molecule has 1 aliphatic rings. The summed E-state index contributed by atoms with van der Waals surface area (Å²) in [5.41, 5.74) is 0. The SMILES string of the molecule is CC.[K+].[O-][C@@H]1CCCNC1. The Labute approximate surface area is 106 Å². The molecule has 0 aromatic carbocycles. The molecule has 0 amide bonds. The van der Waals surface area contributed by atoms with Gasteiger partial charge in [-0.1, -0.05) is 20.3 Å². The van der Waals surface area contributed by atoms with E-state index in [-0.39, 0.29) is 57.5 Å². The minimum Gasteiger partial charge on any atom is -0.851 e. The molecule has 0 aliphatic carbocycles. The van der Waals surface area contributed by atoms with Gasteiger partial charge in [0.15, 0.2) is 0 Å². The zero-order valence-electron chi connectivity index (χ0n) is 7.31. The third kappa shape index (κ3) is 7.66. The summed E-state index contributed by atoms with van der Waals surface area (Å²) in [4.78, 5) is 0. The second kappa shape index (κ2) is 10.6. The van der Waals surface area contributed by atoms with Crippen molar-refractivity contribution in [3.63, 3.8) is 0 Å². The van der Waals surface area contributed by atoms with Gasteiger partial charge in [-0.2, -0.15) is 0 Å². The average Bonchev–Trinajstić information content (AvgIpc) is 1.94. The average molecular weight is 169 g/mol. The molecule has 2 nitrogen and oxygen atoms in total. The number of piperidine rings is 1. The van der Waals surface area contributed by atoms with Gasteiger partial charge in [0.05, 0.1) is 0 Å². The van der Waals surface area contributed by atoms with Crippen LogP contribution in [0.3, 0.4) is 0 Å². The van der Waals surface area contributed by atoms with E-state index in [0.29, 0.717) is 6.54 Å². The zero-order chi connectivity index (χ0) is 7.11. The van der Waals surface area contributed by atoms with Crippen LogP contribution in [0.1, 0.15) is 26.7 Å². The molecule has 0 bridgehead atoms. The molecular weight excluding hydrogens is 153 g/mol. The Balaban J connectivity index is 0. The summed E-state index contributed by atoms with van der Waals surface area (Å²) in [6, 6.07) is 0.